The molecule has 0 atom stereocenters. The van der Waals surface area contributed by atoms with Gasteiger partial charge in [-0.15, -0.1) is 0 Å². The monoisotopic (exact) mass is 313 g/mol. The molecule has 6 heteroatoms. The van der Waals surface area contributed by atoms with Crippen LogP contribution >= 0.6 is 0 Å². The molecule has 124 valence electrons. The number of nitrogens with two attached hydrogens (primary N) is 1. The van der Waals surface area contributed by atoms with Crippen LogP contribution in [-0.2, 0) is 6.42 Å². The highest BCUT2D eigenvalue weighted by Gasteiger charge is 2.08. The van der Waals surface area contributed by atoms with Crippen molar-refractivity contribution in [2.24, 2.45) is 10.7 Å². The van der Waals surface area contributed by atoms with Crippen LogP contribution in [-0.4, -0.2) is 25.7 Å². The lowest BCUT2D eigenvalue weighted by molar-refractivity contribution is -0.0504. The summed E-state index contributed by atoms with van der Waals surface area (Å²) in [6, 6.07) is 6.75. The molecule has 0 aliphatic rings. The minimum Gasteiger partial charge on any atom is -0.435 e. The standard InChI is InChI=1S/C16H25F2N3O/c1-2-3-4-7-11-20-16(19)21-12-10-13-8-5-6-9-14(13)22-15(17)18/h5-6,8-9,15H,2-4,7,10-12H2,1H3,(H3,19,20,21). The lowest BCUT2D eigenvalue weighted by Gasteiger charge is -2.11. The predicted molar refractivity (Wildman–Crippen MR) is 85.4 cm³/mol. The van der Waals surface area contributed by atoms with E-state index in [0.29, 0.717) is 31.0 Å². The fraction of sp³-hybridized carbons (Fsp3) is 0.562. The summed E-state index contributed by atoms with van der Waals surface area (Å²) in [6.45, 7) is 0.580. The maximum absolute atomic E-state index is 12.3. The van der Waals surface area contributed by atoms with Gasteiger partial charge in [0.15, 0.2) is 5.96 Å². The van der Waals surface area contributed by atoms with Gasteiger partial charge in [0.25, 0.3) is 0 Å². The zero-order valence-corrected chi connectivity index (χ0v) is 13.0. The van der Waals surface area contributed by atoms with Crippen LogP contribution in [0.1, 0.15) is 38.2 Å². The van der Waals surface area contributed by atoms with Gasteiger partial charge < -0.3 is 15.8 Å². The lowest BCUT2D eigenvalue weighted by Crippen LogP contribution is -2.33. The molecule has 0 spiro atoms. The molecule has 0 fully saturated rings. The van der Waals surface area contributed by atoms with E-state index in [9.17, 15) is 8.78 Å². The number of ether oxygens (including phenoxy) is 1. The third kappa shape index (κ3) is 7.81. The van der Waals surface area contributed by atoms with E-state index < -0.39 is 6.61 Å². The summed E-state index contributed by atoms with van der Waals surface area (Å²) in [4.78, 5) is 4.23. The molecule has 1 aromatic rings. The molecule has 0 heterocycles. The van der Waals surface area contributed by atoms with Crippen molar-refractivity contribution in [1.82, 2.24) is 5.32 Å². The molecule has 0 aromatic heterocycles. The van der Waals surface area contributed by atoms with Crippen molar-refractivity contribution in [1.29, 1.82) is 0 Å². The van der Waals surface area contributed by atoms with Crippen LogP contribution in [0.25, 0.3) is 0 Å². The average Bonchev–Trinajstić information content (AvgIpc) is 2.48. The number of para-hydroxylation sites is 1. The molecular weight excluding hydrogens is 288 g/mol. The van der Waals surface area contributed by atoms with Gasteiger partial charge in [0.1, 0.15) is 5.75 Å². The van der Waals surface area contributed by atoms with Crippen molar-refractivity contribution in [3.05, 3.63) is 29.8 Å². The second kappa shape index (κ2) is 10.8. The van der Waals surface area contributed by atoms with Crippen LogP contribution in [0.15, 0.2) is 29.3 Å². The van der Waals surface area contributed by atoms with Gasteiger partial charge in [-0.1, -0.05) is 44.4 Å². The summed E-state index contributed by atoms with van der Waals surface area (Å²) < 4.78 is 29.1. The Kier molecular flexibility index (Phi) is 8.95. The molecule has 0 bridgehead atoms. The molecule has 22 heavy (non-hydrogen) atoms. The first-order valence-corrected chi connectivity index (χ1v) is 7.70. The average molecular weight is 313 g/mol. The Morgan fingerprint density at radius 3 is 2.77 bits per heavy atom. The van der Waals surface area contributed by atoms with Crippen molar-refractivity contribution in [2.75, 3.05) is 13.1 Å². The Bertz CT molecular complexity index is 453. The van der Waals surface area contributed by atoms with Crippen molar-refractivity contribution in [2.45, 2.75) is 45.6 Å². The van der Waals surface area contributed by atoms with Crippen LogP contribution < -0.4 is 15.8 Å². The summed E-state index contributed by atoms with van der Waals surface area (Å²) in [6.07, 6.45) is 5.13. The smallest absolute Gasteiger partial charge is 0.387 e. The number of hydrogen-bond acceptors (Lipinski definition) is 2. The second-order valence-electron chi connectivity index (χ2n) is 4.99. The minimum absolute atomic E-state index is 0.203. The molecule has 0 saturated heterocycles. The normalized spacial score (nSPS) is 11.7. The summed E-state index contributed by atoms with van der Waals surface area (Å²) in [5.74, 6) is 0.595. The van der Waals surface area contributed by atoms with Crippen molar-refractivity contribution in [3.63, 3.8) is 0 Å². The number of halogens is 2. The number of aliphatic imine (C=N–C) groups is 1. The predicted octanol–water partition coefficient (Wildman–Crippen LogP) is 3.32. The lowest BCUT2D eigenvalue weighted by atomic mass is 10.1. The molecule has 0 aliphatic carbocycles. The number of nitrogens with zero attached hydrogens (tertiary/aromatic N) is 1. The zero-order chi connectivity index (χ0) is 16.2. The Labute approximate surface area is 130 Å². The third-order valence-electron chi connectivity index (χ3n) is 3.18. The van der Waals surface area contributed by atoms with E-state index in [0.717, 1.165) is 12.8 Å². The van der Waals surface area contributed by atoms with Crippen molar-refractivity contribution in [3.8, 4) is 5.75 Å². The van der Waals surface area contributed by atoms with E-state index in [4.69, 9.17) is 5.73 Å². The molecular formula is C16H25F2N3O. The van der Waals surface area contributed by atoms with Gasteiger partial charge in [0.2, 0.25) is 0 Å². The number of guanidine groups is 1. The SMILES string of the molecule is CCCCCCN=C(N)NCCc1ccccc1OC(F)F. The summed E-state index contributed by atoms with van der Waals surface area (Å²) in [5, 5.41) is 2.99. The molecule has 0 saturated carbocycles. The molecule has 0 radical (unpaired) electrons. The Morgan fingerprint density at radius 1 is 1.27 bits per heavy atom. The highest BCUT2D eigenvalue weighted by atomic mass is 19.3. The number of hydrogen-bond donors (Lipinski definition) is 2. The van der Waals surface area contributed by atoms with E-state index in [2.05, 4.69) is 22.0 Å². The fourth-order valence-electron chi connectivity index (χ4n) is 2.04. The van der Waals surface area contributed by atoms with Gasteiger partial charge in [0, 0.05) is 13.1 Å². The highest BCUT2D eigenvalue weighted by molar-refractivity contribution is 5.77. The van der Waals surface area contributed by atoms with Crippen LogP contribution in [0.2, 0.25) is 0 Å². The molecule has 0 unspecified atom stereocenters. The summed E-state index contributed by atoms with van der Waals surface area (Å²) >= 11 is 0. The first-order chi connectivity index (χ1) is 10.6. The van der Waals surface area contributed by atoms with Gasteiger partial charge in [-0.2, -0.15) is 8.78 Å². The molecule has 1 aromatic carbocycles. The topological polar surface area (TPSA) is 59.6 Å². The van der Waals surface area contributed by atoms with Crippen molar-refractivity contribution >= 4 is 5.96 Å². The quantitative estimate of drug-likeness (QED) is 0.396. The Hall–Kier alpha value is -1.85. The maximum atomic E-state index is 12.3. The zero-order valence-electron chi connectivity index (χ0n) is 13.0. The van der Waals surface area contributed by atoms with Gasteiger partial charge in [-0.05, 0) is 24.5 Å². The molecule has 0 aliphatic heterocycles. The van der Waals surface area contributed by atoms with Gasteiger partial charge in [-0.25, -0.2) is 0 Å². The molecule has 3 N–H and O–H groups in total. The van der Waals surface area contributed by atoms with Crippen LogP contribution in [0.4, 0.5) is 8.78 Å². The number of benzene rings is 1. The fourth-order valence-corrected chi connectivity index (χ4v) is 2.04. The maximum Gasteiger partial charge on any atom is 0.387 e. The highest BCUT2D eigenvalue weighted by Crippen LogP contribution is 2.20. The van der Waals surface area contributed by atoms with Crippen LogP contribution in [0.3, 0.4) is 0 Å². The third-order valence-corrected chi connectivity index (χ3v) is 3.18. The molecule has 0 amide bonds. The first kappa shape index (κ1) is 18.2. The van der Waals surface area contributed by atoms with E-state index >= 15 is 0 Å². The summed E-state index contributed by atoms with van der Waals surface area (Å²) in [5.41, 5.74) is 6.47. The number of unbranched alkanes of at least 4 members (excludes halogenated alkanes) is 3. The van der Waals surface area contributed by atoms with Crippen LogP contribution in [0, 0.1) is 0 Å². The molecule has 4 nitrogen and oxygen atoms in total. The van der Waals surface area contributed by atoms with Crippen molar-refractivity contribution < 1.29 is 13.5 Å². The van der Waals surface area contributed by atoms with E-state index in [-0.39, 0.29) is 5.75 Å². The largest absolute Gasteiger partial charge is 0.435 e. The Balaban J connectivity index is 2.33. The summed E-state index contributed by atoms with van der Waals surface area (Å²) in [7, 11) is 0. The van der Waals surface area contributed by atoms with E-state index in [1.54, 1.807) is 18.2 Å². The van der Waals surface area contributed by atoms with Gasteiger partial charge in [-0.3, -0.25) is 4.99 Å². The van der Waals surface area contributed by atoms with Crippen LogP contribution in [0.5, 0.6) is 5.75 Å². The van der Waals surface area contributed by atoms with E-state index in [1.165, 1.54) is 18.9 Å². The van der Waals surface area contributed by atoms with E-state index in [1.807, 2.05) is 0 Å². The first-order valence-electron chi connectivity index (χ1n) is 7.70. The van der Waals surface area contributed by atoms with Gasteiger partial charge in [0.05, 0.1) is 0 Å². The van der Waals surface area contributed by atoms with Gasteiger partial charge >= 0.3 is 6.61 Å². The Morgan fingerprint density at radius 2 is 2.05 bits per heavy atom. The number of alkyl halides is 2. The second-order valence-corrected chi connectivity index (χ2v) is 4.99. The number of rotatable bonds is 10. The molecule has 1 rings (SSSR count). The minimum atomic E-state index is -2.82. The number of nitrogens with one attached hydrogen (secondary N) is 1.